The summed E-state index contributed by atoms with van der Waals surface area (Å²) in [4.78, 5) is 33.7. The van der Waals surface area contributed by atoms with Crippen LogP contribution in [0.2, 0.25) is 0 Å². The number of nitrogens with one attached hydrogen (secondary N) is 3. The van der Waals surface area contributed by atoms with Crippen LogP contribution in [0.3, 0.4) is 0 Å². The van der Waals surface area contributed by atoms with Gasteiger partial charge in [0, 0.05) is 25.3 Å². The van der Waals surface area contributed by atoms with E-state index in [1.165, 1.54) is 6.42 Å². The maximum absolute atomic E-state index is 12.3. The van der Waals surface area contributed by atoms with Crippen LogP contribution in [0.15, 0.2) is 23.0 Å². The van der Waals surface area contributed by atoms with Crippen molar-refractivity contribution in [2.75, 3.05) is 45.1 Å². The third-order valence-electron chi connectivity index (χ3n) is 5.25. The van der Waals surface area contributed by atoms with Crippen LogP contribution >= 0.6 is 0 Å². The summed E-state index contributed by atoms with van der Waals surface area (Å²) < 4.78 is 0. The first-order valence-electron chi connectivity index (χ1n) is 8.49. The van der Waals surface area contributed by atoms with E-state index in [4.69, 9.17) is 0 Å². The molecule has 7 heteroatoms. The Kier molecular flexibility index (Phi) is 3.90. The summed E-state index contributed by atoms with van der Waals surface area (Å²) in [5.41, 5.74) is 1.91. The first kappa shape index (κ1) is 15.4. The molecule has 128 valence electrons. The van der Waals surface area contributed by atoms with Gasteiger partial charge in [0.25, 0.3) is 0 Å². The number of hydrogen-bond donors (Lipinski definition) is 3. The van der Waals surface area contributed by atoms with Crippen molar-refractivity contribution in [3.8, 4) is 0 Å². The molecule has 2 aromatic rings. The van der Waals surface area contributed by atoms with Crippen LogP contribution in [-0.4, -0.2) is 65.4 Å². The molecule has 0 saturated carbocycles. The van der Waals surface area contributed by atoms with E-state index >= 15 is 0 Å². The molecule has 4 rings (SSSR count). The fourth-order valence-electron chi connectivity index (χ4n) is 4.09. The molecule has 2 aliphatic rings. The molecule has 7 nitrogen and oxygen atoms in total. The second-order valence-corrected chi connectivity index (χ2v) is 7.15. The van der Waals surface area contributed by atoms with E-state index in [1.54, 1.807) is 12.1 Å². The van der Waals surface area contributed by atoms with Crippen LogP contribution in [-0.2, 0) is 4.79 Å². The minimum atomic E-state index is -0.238. The van der Waals surface area contributed by atoms with E-state index in [1.807, 2.05) is 6.07 Å². The zero-order valence-corrected chi connectivity index (χ0v) is 13.8. The summed E-state index contributed by atoms with van der Waals surface area (Å²) in [5, 5.41) is 2.93. The number of anilines is 1. The zero-order chi connectivity index (χ0) is 16.7. The number of imidazole rings is 1. The van der Waals surface area contributed by atoms with E-state index in [-0.39, 0.29) is 11.6 Å². The van der Waals surface area contributed by atoms with Gasteiger partial charge in [-0.25, -0.2) is 4.79 Å². The molecule has 24 heavy (non-hydrogen) atoms. The van der Waals surface area contributed by atoms with Gasteiger partial charge in [-0.2, -0.15) is 0 Å². The molecule has 0 spiro atoms. The standard InChI is InChI=1S/C17H23N5O2/c1-21-5-4-11-8-22(9-12(11)7-21)10-16(23)18-13-2-3-14-15(6-13)20-17(24)19-14/h2-3,6,11-12H,4-5,7-10H2,1H3,(H,18,23)(H2,19,20,24)/t11-,12+/m1/s1. The van der Waals surface area contributed by atoms with E-state index in [0.29, 0.717) is 23.7 Å². The largest absolute Gasteiger partial charge is 0.325 e. The average molecular weight is 329 g/mol. The lowest BCUT2D eigenvalue weighted by atomic mass is 9.89. The number of hydrogen-bond acceptors (Lipinski definition) is 4. The van der Waals surface area contributed by atoms with Crippen molar-refractivity contribution >= 4 is 22.6 Å². The molecule has 0 aliphatic carbocycles. The lowest BCUT2D eigenvalue weighted by molar-refractivity contribution is -0.117. The van der Waals surface area contributed by atoms with Crippen molar-refractivity contribution in [1.82, 2.24) is 19.8 Å². The Morgan fingerprint density at radius 3 is 2.88 bits per heavy atom. The summed E-state index contributed by atoms with van der Waals surface area (Å²) in [5.74, 6) is 1.42. The summed E-state index contributed by atoms with van der Waals surface area (Å²) in [6, 6.07) is 5.38. The Hall–Kier alpha value is -2.12. The Morgan fingerprint density at radius 1 is 1.21 bits per heavy atom. The van der Waals surface area contributed by atoms with Gasteiger partial charge in [0.2, 0.25) is 5.91 Å². The molecule has 0 unspecified atom stereocenters. The van der Waals surface area contributed by atoms with Crippen LogP contribution < -0.4 is 11.0 Å². The third-order valence-corrected chi connectivity index (χ3v) is 5.25. The molecule has 2 atom stereocenters. The molecule has 1 amide bonds. The minimum absolute atomic E-state index is 0.000709. The zero-order valence-electron chi connectivity index (χ0n) is 13.8. The highest BCUT2D eigenvalue weighted by molar-refractivity contribution is 5.94. The SMILES string of the molecule is CN1CC[C@@H]2CN(CC(=O)Nc3ccc4[nH]c(=O)[nH]c4c3)C[C@@H]2C1. The summed E-state index contributed by atoms with van der Waals surface area (Å²) in [6.07, 6.45) is 1.23. The number of benzene rings is 1. The fourth-order valence-corrected chi connectivity index (χ4v) is 4.09. The Balaban J connectivity index is 1.37. The third kappa shape index (κ3) is 3.09. The topological polar surface area (TPSA) is 84.2 Å². The predicted octanol–water partition coefficient (Wildman–Crippen LogP) is 0.678. The van der Waals surface area contributed by atoms with Gasteiger partial charge in [-0.05, 0) is 50.0 Å². The van der Waals surface area contributed by atoms with Gasteiger partial charge in [-0.1, -0.05) is 0 Å². The lowest BCUT2D eigenvalue weighted by Crippen LogP contribution is -2.37. The van der Waals surface area contributed by atoms with Gasteiger partial charge in [-0.3, -0.25) is 9.69 Å². The number of carbonyl (C=O) groups excluding carboxylic acids is 1. The Bertz CT molecular complexity index is 811. The van der Waals surface area contributed by atoms with Gasteiger partial charge in [0.15, 0.2) is 0 Å². The smallest absolute Gasteiger partial charge is 0.323 e. The van der Waals surface area contributed by atoms with Gasteiger partial charge in [0.1, 0.15) is 0 Å². The minimum Gasteiger partial charge on any atom is -0.325 e. The number of carbonyl (C=O) groups is 1. The number of aromatic amines is 2. The van der Waals surface area contributed by atoms with Crippen molar-refractivity contribution in [2.45, 2.75) is 6.42 Å². The van der Waals surface area contributed by atoms with Gasteiger partial charge < -0.3 is 20.2 Å². The van der Waals surface area contributed by atoms with E-state index in [0.717, 1.165) is 37.6 Å². The number of amides is 1. The molecular formula is C17H23N5O2. The second kappa shape index (κ2) is 6.07. The summed E-state index contributed by atoms with van der Waals surface area (Å²) in [6.45, 7) is 4.76. The first-order chi connectivity index (χ1) is 11.6. The molecule has 2 fully saturated rings. The maximum atomic E-state index is 12.3. The highest BCUT2D eigenvalue weighted by atomic mass is 16.2. The first-order valence-corrected chi connectivity index (χ1v) is 8.49. The van der Waals surface area contributed by atoms with E-state index in [2.05, 4.69) is 32.1 Å². The van der Waals surface area contributed by atoms with Crippen molar-refractivity contribution in [1.29, 1.82) is 0 Å². The Labute approximate surface area is 140 Å². The van der Waals surface area contributed by atoms with Crippen molar-refractivity contribution < 1.29 is 4.79 Å². The van der Waals surface area contributed by atoms with E-state index < -0.39 is 0 Å². The highest BCUT2D eigenvalue weighted by Gasteiger charge is 2.36. The van der Waals surface area contributed by atoms with Gasteiger partial charge >= 0.3 is 5.69 Å². The van der Waals surface area contributed by atoms with Gasteiger partial charge in [-0.15, -0.1) is 0 Å². The number of fused-ring (bicyclic) bond motifs is 2. The molecule has 2 aliphatic heterocycles. The van der Waals surface area contributed by atoms with Crippen LogP contribution in [0.25, 0.3) is 11.0 Å². The second-order valence-electron chi connectivity index (χ2n) is 7.15. The van der Waals surface area contributed by atoms with Crippen LogP contribution in [0.1, 0.15) is 6.42 Å². The molecular weight excluding hydrogens is 306 g/mol. The molecule has 3 heterocycles. The summed E-state index contributed by atoms with van der Waals surface area (Å²) >= 11 is 0. The van der Waals surface area contributed by atoms with Crippen molar-refractivity contribution in [3.63, 3.8) is 0 Å². The number of rotatable bonds is 3. The number of aromatic nitrogens is 2. The van der Waals surface area contributed by atoms with Crippen LogP contribution in [0.4, 0.5) is 5.69 Å². The number of likely N-dealkylation sites (tertiary alicyclic amines) is 2. The molecule has 0 bridgehead atoms. The normalized spacial score (nSPS) is 25.0. The highest BCUT2D eigenvalue weighted by Crippen LogP contribution is 2.30. The molecule has 2 saturated heterocycles. The van der Waals surface area contributed by atoms with Gasteiger partial charge in [0.05, 0.1) is 17.6 Å². The fraction of sp³-hybridized carbons (Fsp3) is 0.529. The maximum Gasteiger partial charge on any atom is 0.323 e. The number of piperidine rings is 1. The number of H-pyrrole nitrogens is 2. The summed E-state index contributed by atoms with van der Waals surface area (Å²) in [7, 11) is 2.17. The average Bonchev–Trinajstić information content (AvgIpc) is 3.07. The quantitative estimate of drug-likeness (QED) is 0.773. The van der Waals surface area contributed by atoms with Crippen LogP contribution in [0.5, 0.6) is 0 Å². The van der Waals surface area contributed by atoms with Crippen LogP contribution in [0, 0.1) is 11.8 Å². The number of nitrogens with zero attached hydrogens (tertiary/aromatic N) is 2. The molecule has 0 radical (unpaired) electrons. The lowest BCUT2D eigenvalue weighted by Gasteiger charge is -2.31. The van der Waals surface area contributed by atoms with E-state index in [9.17, 15) is 9.59 Å². The Morgan fingerprint density at radius 2 is 2.00 bits per heavy atom. The predicted molar refractivity (Wildman–Crippen MR) is 93.1 cm³/mol. The molecule has 3 N–H and O–H groups in total. The molecule has 1 aromatic heterocycles. The van der Waals surface area contributed by atoms with Crippen molar-refractivity contribution in [2.24, 2.45) is 11.8 Å². The monoisotopic (exact) mass is 329 g/mol. The molecule has 1 aromatic carbocycles. The van der Waals surface area contributed by atoms with Crippen molar-refractivity contribution in [3.05, 3.63) is 28.7 Å².